The van der Waals surface area contributed by atoms with E-state index in [1.807, 2.05) is 6.92 Å². The second-order valence-corrected chi connectivity index (χ2v) is 7.90. The van der Waals surface area contributed by atoms with Gasteiger partial charge in [0, 0.05) is 25.7 Å². The van der Waals surface area contributed by atoms with E-state index < -0.39 is 10.2 Å². The second kappa shape index (κ2) is 8.74. The summed E-state index contributed by atoms with van der Waals surface area (Å²) in [6, 6.07) is 0.426. The van der Waals surface area contributed by atoms with Crippen LogP contribution in [0.2, 0.25) is 0 Å². The van der Waals surface area contributed by atoms with E-state index >= 15 is 0 Å². The molecule has 1 fully saturated rings. The van der Waals surface area contributed by atoms with Gasteiger partial charge in [0.15, 0.2) is 0 Å². The third kappa shape index (κ3) is 5.59. The Labute approximate surface area is 130 Å². The van der Waals surface area contributed by atoms with E-state index in [2.05, 4.69) is 25.1 Å². The number of nitrogens with one attached hydrogen (secondary N) is 1. The predicted octanol–water partition coefficient (Wildman–Crippen LogP) is 1.29. The molecule has 1 rings (SSSR count). The van der Waals surface area contributed by atoms with E-state index in [0.717, 1.165) is 25.8 Å². The average molecular weight is 315 g/mol. The minimum Gasteiger partial charge on any atom is -0.314 e. The molecule has 21 heavy (non-hydrogen) atoms. The molecular formula is C15H29N3O2S. The summed E-state index contributed by atoms with van der Waals surface area (Å²) in [7, 11) is -3.42. The zero-order chi connectivity index (χ0) is 15.9. The molecule has 1 unspecified atom stereocenters. The first-order valence-corrected chi connectivity index (χ1v) is 9.23. The molecule has 1 aliphatic heterocycles. The number of hydrogen-bond donors (Lipinski definition) is 1. The highest BCUT2D eigenvalue weighted by Gasteiger charge is 2.32. The number of piperidine rings is 1. The largest absolute Gasteiger partial charge is 0.314 e. The van der Waals surface area contributed by atoms with Crippen molar-refractivity contribution in [2.45, 2.75) is 46.1 Å². The maximum atomic E-state index is 12.7. The molecule has 122 valence electrons. The Kier molecular flexibility index (Phi) is 7.67. The minimum atomic E-state index is -3.42. The Bertz CT molecular complexity index is 442. The van der Waals surface area contributed by atoms with Crippen LogP contribution in [0, 0.1) is 18.3 Å². The van der Waals surface area contributed by atoms with Gasteiger partial charge in [-0.3, -0.25) is 0 Å². The molecule has 1 aliphatic rings. The summed E-state index contributed by atoms with van der Waals surface area (Å²) in [6.07, 6.45) is 8.07. The minimum absolute atomic E-state index is 0.154. The summed E-state index contributed by atoms with van der Waals surface area (Å²) in [4.78, 5) is 0. The van der Waals surface area contributed by atoms with Crippen LogP contribution in [0.15, 0.2) is 0 Å². The van der Waals surface area contributed by atoms with Crippen LogP contribution in [0.3, 0.4) is 0 Å². The molecule has 1 heterocycles. The Morgan fingerprint density at radius 1 is 1.48 bits per heavy atom. The van der Waals surface area contributed by atoms with Crippen molar-refractivity contribution in [3.63, 3.8) is 0 Å². The van der Waals surface area contributed by atoms with Gasteiger partial charge in [0.1, 0.15) is 0 Å². The van der Waals surface area contributed by atoms with Crippen molar-refractivity contribution in [3.8, 4) is 12.3 Å². The standard InChI is InChI=1S/C15H29N3O2S/c1-5-9-17(10-6-2)21(19,20)18-11-7-8-15(13-18)12-16-14(3)4/h1,14-16H,6-13H2,2-4H3. The fourth-order valence-electron chi connectivity index (χ4n) is 2.60. The molecule has 1 saturated heterocycles. The predicted molar refractivity (Wildman–Crippen MR) is 87.1 cm³/mol. The normalized spacial score (nSPS) is 20.9. The molecule has 0 saturated carbocycles. The van der Waals surface area contributed by atoms with E-state index in [4.69, 9.17) is 6.42 Å². The van der Waals surface area contributed by atoms with Crippen molar-refractivity contribution < 1.29 is 8.42 Å². The highest BCUT2D eigenvalue weighted by atomic mass is 32.2. The number of nitrogens with zero attached hydrogens (tertiary/aromatic N) is 2. The Balaban J connectivity index is 2.70. The van der Waals surface area contributed by atoms with E-state index in [1.54, 1.807) is 4.31 Å². The van der Waals surface area contributed by atoms with Crippen LogP contribution in [-0.2, 0) is 10.2 Å². The van der Waals surface area contributed by atoms with Gasteiger partial charge in [-0.1, -0.05) is 26.7 Å². The van der Waals surface area contributed by atoms with Gasteiger partial charge in [0.25, 0.3) is 10.2 Å². The van der Waals surface area contributed by atoms with Crippen molar-refractivity contribution in [2.75, 3.05) is 32.7 Å². The Morgan fingerprint density at radius 3 is 2.76 bits per heavy atom. The monoisotopic (exact) mass is 315 g/mol. The molecule has 0 aromatic carbocycles. The van der Waals surface area contributed by atoms with Crippen molar-refractivity contribution in [2.24, 2.45) is 5.92 Å². The van der Waals surface area contributed by atoms with Gasteiger partial charge >= 0.3 is 0 Å². The first kappa shape index (κ1) is 18.4. The third-order valence-electron chi connectivity index (χ3n) is 3.69. The van der Waals surface area contributed by atoms with Crippen LogP contribution in [-0.4, -0.2) is 55.8 Å². The van der Waals surface area contributed by atoms with Crippen LogP contribution in [0.4, 0.5) is 0 Å². The van der Waals surface area contributed by atoms with E-state index in [1.165, 1.54) is 4.31 Å². The van der Waals surface area contributed by atoms with Gasteiger partial charge in [-0.05, 0) is 31.7 Å². The first-order chi connectivity index (χ1) is 9.91. The third-order valence-corrected chi connectivity index (χ3v) is 5.64. The van der Waals surface area contributed by atoms with Gasteiger partial charge in [0.2, 0.25) is 0 Å². The molecule has 0 aliphatic carbocycles. The second-order valence-electron chi connectivity index (χ2n) is 5.97. The van der Waals surface area contributed by atoms with Gasteiger partial charge in [-0.2, -0.15) is 17.0 Å². The molecule has 6 heteroatoms. The smallest absolute Gasteiger partial charge is 0.282 e. The molecule has 0 amide bonds. The van der Waals surface area contributed by atoms with Gasteiger partial charge in [-0.25, -0.2) is 0 Å². The fraction of sp³-hybridized carbons (Fsp3) is 0.867. The van der Waals surface area contributed by atoms with E-state index in [9.17, 15) is 8.42 Å². The summed E-state index contributed by atoms with van der Waals surface area (Å²) in [5.41, 5.74) is 0. The lowest BCUT2D eigenvalue weighted by molar-refractivity contribution is 0.241. The highest BCUT2D eigenvalue weighted by molar-refractivity contribution is 7.86. The van der Waals surface area contributed by atoms with Crippen LogP contribution < -0.4 is 5.32 Å². The molecule has 0 radical (unpaired) electrons. The number of hydrogen-bond acceptors (Lipinski definition) is 3. The quantitative estimate of drug-likeness (QED) is 0.687. The van der Waals surface area contributed by atoms with Gasteiger partial charge in [0.05, 0.1) is 6.54 Å². The van der Waals surface area contributed by atoms with Gasteiger partial charge < -0.3 is 5.32 Å². The summed E-state index contributed by atoms with van der Waals surface area (Å²) >= 11 is 0. The average Bonchev–Trinajstić information content (AvgIpc) is 2.45. The zero-order valence-corrected chi connectivity index (χ0v) is 14.3. The van der Waals surface area contributed by atoms with Gasteiger partial charge in [-0.15, -0.1) is 6.42 Å². The lowest BCUT2D eigenvalue weighted by atomic mass is 9.99. The zero-order valence-electron chi connectivity index (χ0n) is 13.5. The molecule has 0 bridgehead atoms. The van der Waals surface area contributed by atoms with E-state index in [-0.39, 0.29) is 6.54 Å². The van der Waals surface area contributed by atoms with Crippen molar-refractivity contribution in [1.29, 1.82) is 0 Å². The topological polar surface area (TPSA) is 52.7 Å². The first-order valence-electron chi connectivity index (χ1n) is 7.83. The molecule has 5 nitrogen and oxygen atoms in total. The summed E-state index contributed by atoms with van der Waals surface area (Å²) in [5.74, 6) is 2.84. The van der Waals surface area contributed by atoms with Crippen molar-refractivity contribution in [3.05, 3.63) is 0 Å². The lowest BCUT2D eigenvalue weighted by Crippen LogP contribution is -2.49. The van der Waals surface area contributed by atoms with Crippen LogP contribution in [0.25, 0.3) is 0 Å². The maximum Gasteiger partial charge on any atom is 0.282 e. The Hall–Kier alpha value is -0.610. The van der Waals surface area contributed by atoms with Crippen LogP contribution in [0.1, 0.15) is 40.0 Å². The molecule has 0 aromatic rings. The van der Waals surface area contributed by atoms with Crippen LogP contribution in [0.5, 0.6) is 0 Å². The van der Waals surface area contributed by atoms with Crippen molar-refractivity contribution in [1.82, 2.24) is 13.9 Å². The number of terminal acetylenes is 1. The molecule has 1 atom stereocenters. The Morgan fingerprint density at radius 2 is 2.19 bits per heavy atom. The molecule has 0 aromatic heterocycles. The van der Waals surface area contributed by atoms with Crippen molar-refractivity contribution >= 4 is 10.2 Å². The molecule has 0 spiro atoms. The molecule has 1 N–H and O–H groups in total. The van der Waals surface area contributed by atoms with E-state index in [0.29, 0.717) is 31.6 Å². The van der Waals surface area contributed by atoms with Crippen LogP contribution >= 0.6 is 0 Å². The highest BCUT2D eigenvalue weighted by Crippen LogP contribution is 2.21. The summed E-state index contributed by atoms with van der Waals surface area (Å²) < 4.78 is 28.4. The SMILES string of the molecule is C#CCN(CCC)S(=O)(=O)N1CCCC(CNC(C)C)C1. The number of rotatable bonds is 8. The fourth-order valence-corrected chi connectivity index (χ4v) is 4.33. The lowest BCUT2D eigenvalue weighted by Gasteiger charge is -2.35. The molecular weight excluding hydrogens is 286 g/mol. The summed E-state index contributed by atoms with van der Waals surface area (Å²) in [6.45, 7) is 8.87. The maximum absolute atomic E-state index is 12.7. The summed E-state index contributed by atoms with van der Waals surface area (Å²) in [5, 5.41) is 3.40.